The molecule has 0 aliphatic heterocycles. The average Bonchev–Trinajstić information content (AvgIpc) is 3.02. The van der Waals surface area contributed by atoms with E-state index < -0.39 is 5.91 Å². The van der Waals surface area contributed by atoms with Gasteiger partial charge in [-0.1, -0.05) is 49.7 Å². The third kappa shape index (κ3) is 3.01. The van der Waals surface area contributed by atoms with E-state index in [0.29, 0.717) is 12.1 Å². The van der Waals surface area contributed by atoms with Crippen LogP contribution >= 0.6 is 0 Å². The van der Waals surface area contributed by atoms with Gasteiger partial charge in [0.05, 0.1) is 19.2 Å². The minimum atomic E-state index is -0.403. The molecule has 1 heterocycles. The SMILES string of the molecule is CCCc1ccc2c3c(C(N)=O)cccc3n(Cc3ccccc3OC)c2c1. The Labute approximate surface area is 164 Å². The van der Waals surface area contributed by atoms with E-state index in [1.165, 1.54) is 5.56 Å². The highest BCUT2D eigenvalue weighted by Crippen LogP contribution is 2.34. The molecular weight excluding hydrogens is 348 g/mol. The van der Waals surface area contributed by atoms with Gasteiger partial charge in [-0.2, -0.15) is 0 Å². The quantitative estimate of drug-likeness (QED) is 0.523. The first-order chi connectivity index (χ1) is 13.6. The lowest BCUT2D eigenvalue weighted by Crippen LogP contribution is -2.11. The van der Waals surface area contributed by atoms with Crippen molar-refractivity contribution in [2.45, 2.75) is 26.3 Å². The van der Waals surface area contributed by atoms with Gasteiger partial charge >= 0.3 is 0 Å². The molecule has 4 rings (SSSR count). The summed E-state index contributed by atoms with van der Waals surface area (Å²) in [6.45, 7) is 2.83. The highest BCUT2D eigenvalue weighted by molar-refractivity contribution is 6.18. The van der Waals surface area contributed by atoms with E-state index in [1.807, 2.05) is 24.3 Å². The number of benzene rings is 3. The summed E-state index contributed by atoms with van der Waals surface area (Å²) in [6, 6.07) is 20.3. The van der Waals surface area contributed by atoms with Crippen molar-refractivity contribution < 1.29 is 9.53 Å². The van der Waals surface area contributed by atoms with Crippen LogP contribution in [0.15, 0.2) is 60.7 Å². The lowest BCUT2D eigenvalue weighted by atomic mass is 10.0. The van der Waals surface area contributed by atoms with Crippen molar-refractivity contribution in [3.8, 4) is 5.75 Å². The summed E-state index contributed by atoms with van der Waals surface area (Å²) in [4.78, 5) is 12.1. The predicted octanol–water partition coefficient (Wildman–Crippen LogP) is 4.90. The highest BCUT2D eigenvalue weighted by Gasteiger charge is 2.17. The Bertz CT molecular complexity index is 1170. The minimum Gasteiger partial charge on any atom is -0.496 e. The molecule has 0 unspecified atom stereocenters. The number of aryl methyl sites for hydroxylation is 1. The van der Waals surface area contributed by atoms with Gasteiger partial charge in [-0.15, -0.1) is 0 Å². The first kappa shape index (κ1) is 18.1. The Morgan fingerprint density at radius 2 is 1.86 bits per heavy atom. The zero-order valence-electron chi connectivity index (χ0n) is 16.2. The van der Waals surface area contributed by atoms with Crippen molar-refractivity contribution in [2.75, 3.05) is 7.11 Å². The summed E-state index contributed by atoms with van der Waals surface area (Å²) in [5.41, 5.74) is 10.7. The van der Waals surface area contributed by atoms with E-state index >= 15 is 0 Å². The number of hydrogen-bond acceptors (Lipinski definition) is 2. The standard InChI is InChI=1S/C24H24N2O2/c1-3-7-16-12-13-18-21(14-16)26(15-17-8-4-5-11-22(17)28-2)20-10-6-9-19(23(18)20)24(25)27/h4-6,8-14H,3,7,15H2,1-2H3,(H2,25,27). The lowest BCUT2D eigenvalue weighted by molar-refractivity contribution is 0.100. The van der Waals surface area contributed by atoms with E-state index in [1.54, 1.807) is 13.2 Å². The number of amides is 1. The summed E-state index contributed by atoms with van der Waals surface area (Å²) in [5.74, 6) is 0.452. The second kappa shape index (κ2) is 7.39. The van der Waals surface area contributed by atoms with E-state index in [2.05, 4.69) is 41.8 Å². The van der Waals surface area contributed by atoms with Gasteiger partial charge in [0.2, 0.25) is 5.91 Å². The predicted molar refractivity (Wildman–Crippen MR) is 114 cm³/mol. The molecule has 0 aliphatic carbocycles. The third-order valence-corrected chi connectivity index (χ3v) is 5.28. The van der Waals surface area contributed by atoms with Crippen LogP contribution < -0.4 is 10.5 Å². The van der Waals surface area contributed by atoms with Crippen LogP contribution in [0.25, 0.3) is 21.8 Å². The number of para-hydroxylation sites is 1. The summed E-state index contributed by atoms with van der Waals surface area (Å²) in [5, 5.41) is 1.97. The fourth-order valence-corrected chi connectivity index (χ4v) is 4.01. The van der Waals surface area contributed by atoms with Gasteiger partial charge in [-0.05, 0) is 36.2 Å². The minimum absolute atomic E-state index is 0.403. The number of carbonyl (C=O) groups is 1. The van der Waals surface area contributed by atoms with Crippen molar-refractivity contribution in [1.29, 1.82) is 0 Å². The number of nitrogens with two attached hydrogens (primary N) is 1. The van der Waals surface area contributed by atoms with Crippen molar-refractivity contribution in [2.24, 2.45) is 5.73 Å². The molecule has 0 bridgehead atoms. The molecule has 0 atom stereocenters. The Hall–Kier alpha value is -3.27. The molecule has 4 heteroatoms. The number of nitrogens with zero attached hydrogens (tertiary/aromatic N) is 1. The van der Waals surface area contributed by atoms with E-state index in [-0.39, 0.29) is 0 Å². The molecule has 4 nitrogen and oxygen atoms in total. The number of fused-ring (bicyclic) bond motifs is 3. The van der Waals surface area contributed by atoms with Gasteiger partial charge in [0.15, 0.2) is 0 Å². The monoisotopic (exact) mass is 372 g/mol. The molecular formula is C24H24N2O2. The molecule has 0 aliphatic rings. The van der Waals surface area contributed by atoms with Crippen LogP contribution in [-0.2, 0) is 13.0 Å². The van der Waals surface area contributed by atoms with E-state index in [0.717, 1.165) is 46.0 Å². The summed E-state index contributed by atoms with van der Waals surface area (Å²) in [7, 11) is 1.69. The van der Waals surface area contributed by atoms with Crippen LogP contribution in [0.5, 0.6) is 5.75 Å². The molecule has 2 N–H and O–H groups in total. The van der Waals surface area contributed by atoms with Crippen molar-refractivity contribution in [3.63, 3.8) is 0 Å². The van der Waals surface area contributed by atoms with Gasteiger partial charge in [0.1, 0.15) is 5.75 Å². The Morgan fingerprint density at radius 1 is 1.04 bits per heavy atom. The highest BCUT2D eigenvalue weighted by atomic mass is 16.5. The van der Waals surface area contributed by atoms with Crippen molar-refractivity contribution >= 4 is 27.7 Å². The van der Waals surface area contributed by atoms with Crippen LogP contribution in [0.2, 0.25) is 0 Å². The van der Waals surface area contributed by atoms with E-state index in [4.69, 9.17) is 10.5 Å². The van der Waals surface area contributed by atoms with Crippen LogP contribution in [0.4, 0.5) is 0 Å². The first-order valence-corrected chi connectivity index (χ1v) is 9.59. The smallest absolute Gasteiger partial charge is 0.249 e. The molecule has 4 aromatic rings. The molecule has 0 radical (unpaired) electrons. The summed E-state index contributed by atoms with van der Waals surface area (Å²) in [6.07, 6.45) is 2.11. The molecule has 0 fully saturated rings. The number of aromatic nitrogens is 1. The average molecular weight is 372 g/mol. The second-order valence-electron chi connectivity index (χ2n) is 7.06. The molecule has 28 heavy (non-hydrogen) atoms. The number of methoxy groups -OCH3 is 1. The fraction of sp³-hybridized carbons (Fsp3) is 0.208. The summed E-state index contributed by atoms with van der Waals surface area (Å²) >= 11 is 0. The Kier molecular flexibility index (Phi) is 4.78. The normalized spacial score (nSPS) is 11.2. The Balaban J connectivity index is 2.02. The van der Waals surface area contributed by atoms with Gasteiger partial charge < -0.3 is 15.0 Å². The van der Waals surface area contributed by atoms with Gasteiger partial charge in [0.25, 0.3) is 0 Å². The molecule has 0 saturated carbocycles. The zero-order valence-corrected chi connectivity index (χ0v) is 16.2. The second-order valence-corrected chi connectivity index (χ2v) is 7.06. The lowest BCUT2D eigenvalue weighted by Gasteiger charge is -2.12. The number of primary amides is 1. The third-order valence-electron chi connectivity index (χ3n) is 5.28. The first-order valence-electron chi connectivity index (χ1n) is 9.59. The van der Waals surface area contributed by atoms with Gasteiger partial charge in [-0.3, -0.25) is 4.79 Å². The van der Waals surface area contributed by atoms with Crippen molar-refractivity contribution in [3.05, 3.63) is 77.4 Å². The number of hydrogen-bond donors (Lipinski definition) is 1. The molecule has 142 valence electrons. The largest absolute Gasteiger partial charge is 0.496 e. The van der Waals surface area contributed by atoms with Crippen LogP contribution in [0.3, 0.4) is 0 Å². The zero-order chi connectivity index (χ0) is 19.7. The Morgan fingerprint density at radius 3 is 2.61 bits per heavy atom. The van der Waals surface area contributed by atoms with Gasteiger partial charge in [-0.25, -0.2) is 0 Å². The molecule has 1 amide bonds. The van der Waals surface area contributed by atoms with Crippen LogP contribution in [-0.4, -0.2) is 17.6 Å². The molecule has 0 spiro atoms. The number of carbonyl (C=O) groups excluding carboxylic acids is 1. The van der Waals surface area contributed by atoms with Crippen LogP contribution in [0, 0.1) is 0 Å². The van der Waals surface area contributed by atoms with Gasteiger partial charge in [0, 0.05) is 27.4 Å². The molecule has 3 aromatic carbocycles. The topological polar surface area (TPSA) is 57.2 Å². The van der Waals surface area contributed by atoms with Crippen molar-refractivity contribution in [1.82, 2.24) is 4.57 Å². The maximum Gasteiger partial charge on any atom is 0.249 e. The maximum absolute atomic E-state index is 12.1. The fourth-order valence-electron chi connectivity index (χ4n) is 4.01. The van der Waals surface area contributed by atoms with E-state index in [9.17, 15) is 4.79 Å². The molecule has 1 aromatic heterocycles. The maximum atomic E-state index is 12.1. The summed E-state index contributed by atoms with van der Waals surface area (Å²) < 4.78 is 7.81. The number of ether oxygens (including phenoxy) is 1. The molecule has 0 saturated heterocycles. The van der Waals surface area contributed by atoms with Crippen LogP contribution in [0.1, 0.15) is 34.8 Å². The number of rotatable bonds is 6.